The van der Waals surface area contributed by atoms with Crippen molar-refractivity contribution in [2.24, 2.45) is 0 Å². The molecule has 1 aromatic rings. The molecule has 0 aliphatic carbocycles. The fourth-order valence-corrected chi connectivity index (χ4v) is 1.67. The molecule has 0 aliphatic rings. The van der Waals surface area contributed by atoms with Gasteiger partial charge in [-0.05, 0) is 18.2 Å². The van der Waals surface area contributed by atoms with E-state index in [0.717, 1.165) is 0 Å². The number of aliphatic hydroxyl groups is 2. The van der Waals surface area contributed by atoms with Crippen molar-refractivity contribution in [3.63, 3.8) is 0 Å². The van der Waals surface area contributed by atoms with Gasteiger partial charge in [-0.2, -0.15) is 0 Å². The zero-order valence-corrected chi connectivity index (χ0v) is 11.2. The van der Waals surface area contributed by atoms with Gasteiger partial charge < -0.3 is 25.4 Å². The Morgan fingerprint density at radius 3 is 2.50 bits per heavy atom. The number of rotatable bonds is 6. The molecule has 0 saturated heterocycles. The van der Waals surface area contributed by atoms with Crippen LogP contribution in [0.1, 0.15) is 28.9 Å². The largest absolute Gasteiger partial charge is 0.497 e. The lowest BCUT2D eigenvalue weighted by molar-refractivity contribution is -0.119. The minimum atomic E-state index is -1.46. The monoisotopic (exact) mass is 283 g/mol. The summed E-state index contributed by atoms with van der Waals surface area (Å²) >= 11 is 0. The number of carboxylic acids is 1. The lowest BCUT2D eigenvalue weighted by atomic mass is 9.98. The SMILES string of the molecule is COc1ccc(C(=O)O)c(C(O)C(O)CNC(C)=O)c1. The van der Waals surface area contributed by atoms with Crippen LogP contribution in [0.5, 0.6) is 5.75 Å². The van der Waals surface area contributed by atoms with Crippen molar-refractivity contribution in [2.75, 3.05) is 13.7 Å². The highest BCUT2D eigenvalue weighted by atomic mass is 16.5. The molecule has 0 saturated carbocycles. The highest BCUT2D eigenvalue weighted by Gasteiger charge is 2.24. The fraction of sp³-hybridized carbons (Fsp3) is 0.385. The minimum Gasteiger partial charge on any atom is -0.497 e. The number of carbonyl (C=O) groups is 2. The molecule has 2 atom stereocenters. The van der Waals surface area contributed by atoms with Crippen molar-refractivity contribution in [3.8, 4) is 5.75 Å². The maximum atomic E-state index is 11.1. The summed E-state index contributed by atoms with van der Waals surface area (Å²) in [6.45, 7) is 1.08. The summed E-state index contributed by atoms with van der Waals surface area (Å²) in [6, 6.07) is 4.07. The van der Waals surface area contributed by atoms with Gasteiger partial charge >= 0.3 is 5.97 Å². The quantitative estimate of drug-likeness (QED) is 0.580. The minimum absolute atomic E-state index is 0.0229. The maximum absolute atomic E-state index is 11.1. The number of benzene rings is 1. The zero-order chi connectivity index (χ0) is 15.3. The van der Waals surface area contributed by atoms with Crippen molar-refractivity contribution < 1.29 is 29.6 Å². The lowest BCUT2D eigenvalue weighted by Gasteiger charge is -2.20. The van der Waals surface area contributed by atoms with Crippen LogP contribution in [0.3, 0.4) is 0 Å². The molecule has 2 unspecified atom stereocenters. The first-order chi connectivity index (χ1) is 9.36. The first-order valence-electron chi connectivity index (χ1n) is 5.88. The van der Waals surface area contributed by atoms with Gasteiger partial charge in [-0.1, -0.05) is 0 Å². The molecular formula is C13H17NO6. The molecular weight excluding hydrogens is 266 g/mol. The lowest BCUT2D eigenvalue weighted by Crippen LogP contribution is -2.34. The van der Waals surface area contributed by atoms with E-state index in [9.17, 15) is 19.8 Å². The summed E-state index contributed by atoms with van der Waals surface area (Å²) in [4.78, 5) is 21.9. The summed E-state index contributed by atoms with van der Waals surface area (Å²) < 4.78 is 4.96. The number of nitrogens with one attached hydrogen (secondary N) is 1. The van der Waals surface area contributed by atoms with Crippen LogP contribution in [0.25, 0.3) is 0 Å². The summed E-state index contributed by atoms with van der Waals surface area (Å²) in [5, 5.41) is 31.2. The van der Waals surface area contributed by atoms with Gasteiger partial charge in [0.2, 0.25) is 5.91 Å². The van der Waals surface area contributed by atoms with Crippen LogP contribution >= 0.6 is 0 Å². The van der Waals surface area contributed by atoms with E-state index in [1.807, 2.05) is 0 Å². The van der Waals surface area contributed by atoms with Gasteiger partial charge in [0.15, 0.2) is 0 Å². The molecule has 0 aliphatic heterocycles. The molecule has 1 amide bonds. The average molecular weight is 283 g/mol. The number of hydrogen-bond donors (Lipinski definition) is 4. The first kappa shape index (κ1) is 15.9. The number of aliphatic hydroxyl groups excluding tert-OH is 2. The molecule has 7 heteroatoms. The molecule has 1 rings (SSSR count). The van der Waals surface area contributed by atoms with E-state index in [4.69, 9.17) is 9.84 Å². The summed E-state index contributed by atoms with van der Waals surface area (Å²) in [5.41, 5.74) is -0.116. The number of hydrogen-bond acceptors (Lipinski definition) is 5. The van der Waals surface area contributed by atoms with Crippen molar-refractivity contribution >= 4 is 11.9 Å². The van der Waals surface area contributed by atoms with Crippen molar-refractivity contribution in [1.82, 2.24) is 5.32 Å². The van der Waals surface area contributed by atoms with E-state index in [-0.39, 0.29) is 23.6 Å². The van der Waals surface area contributed by atoms with Crippen LogP contribution < -0.4 is 10.1 Å². The van der Waals surface area contributed by atoms with Crippen molar-refractivity contribution in [3.05, 3.63) is 29.3 Å². The van der Waals surface area contributed by atoms with Crippen LogP contribution in [0.4, 0.5) is 0 Å². The third kappa shape index (κ3) is 3.94. The van der Waals surface area contributed by atoms with Gasteiger partial charge in [0, 0.05) is 19.0 Å². The van der Waals surface area contributed by atoms with Crippen molar-refractivity contribution in [2.45, 2.75) is 19.1 Å². The maximum Gasteiger partial charge on any atom is 0.336 e. The van der Waals surface area contributed by atoms with Crippen LogP contribution in [0.2, 0.25) is 0 Å². The highest BCUT2D eigenvalue weighted by molar-refractivity contribution is 5.89. The van der Waals surface area contributed by atoms with Gasteiger partial charge in [0.05, 0.1) is 12.7 Å². The molecule has 0 heterocycles. The number of carboxylic acid groups (broad SMARTS) is 1. The summed E-state index contributed by atoms with van der Waals surface area (Å²) in [6.07, 6.45) is -2.79. The Morgan fingerprint density at radius 2 is 2.00 bits per heavy atom. The van der Waals surface area contributed by atoms with Gasteiger partial charge in [0.25, 0.3) is 0 Å². The zero-order valence-electron chi connectivity index (χ0n) is 11.2. The van der Waals surface area contributed by atoms with Crippen LogP contribution in [-0.4, -0.2) is 47.0 Å². The second kappa shape index (κ2) is 6.88. The first-order valence-corrected chi connectivity index (χ1v) is 5.88. The highest BCUT2D eigenvalue weighted by Crippen LogP contribution is 2.26. The Morgan fingerprint density at radius 1 is 1.35 bits per heavy atom. The predicted molar refractivity (Wildman–Crippen MR) is 69.6 cm³/mol. The number of methoxy groups -OCH3 is 1. The molecule has 0 fully saturated rings. The molecule has 1 aromatic carbocycles. The molecule has 20 heavy (non-hydrogen) atoms. The van der Waals surface area contributed by atoms with Gasteiger partial charge in [0.1, 0.15) is 18.0 Å². The van der Waals surface area contributed by atoms with Crippen molar-refractivity contribution in [1.29, 1.82) is 0 Å². The van der Waals surface area contributed by atoms with Gasteiger partial charge in [-0.3, -0.25) is 4.79 Å². The molecule has 0 aromatic heterocycles. The predicted octanol–water partition coefficient (Wildman–Crippen LogP) is -0.0762. The molecule has 7 nitrogen and oxygen atoms in total. The Kier molecular flexibility index (Phi) is 5.48. The van der Waals surface area contributed by atoms with Crippen LogP contribution in [-0.2, 0) is 4.79 Å². The second-order valence-corrected chi connectivity index (χ2v) is 4.21. The molecule has 0 spiro atoms. The Labute approximate surface area is 115 Å². The third-order valence-corrected chi connectivity index (χ3v) is 2.73. The molecule has 4 N–H and O–H groups in total. The van der Waals surface area contributed by atoms with E-state index in [1.165, 1.54) is 32.2 Å². The standard InChI is InChI=1S/C13H17NO6/c1-7(15)14-6-11(16)12(17)10-5-8(20-2)3-4-9(10)13(18)19/h3-5,11-12,16-17H,6H2,1-2H3,(H,14,15)(H,18,19). The van der Waals surface area contributed by atoms with Crippen LogP contribution in [0.15, 0.2) is 18.2 Å². The summed E-state index contributed by atoms with van der Waals surface area (Å²) in [7, 11) is 1.40. The van der Waals surface area contributed by atoms with E-state index in [1.54, 1.807) is 0 Å². The molecule has 0 radical (unpaired) electrons. The topological polar surface area (TPSA) is 116 Å². The average Bonchev–Trinajstić information content (AvgIpc) is 2.42. The van der Waals surface area contributed by atoms with E-state index >= 15 is 0 Å². The van der Waals surface area contributed by atoms with E-state index < -0.39 is 18.2 Å². The normalized spacial score (nSPS) is 13.4. The van der Waals surface area contributed by atoms with Gasteiger partial charge in [-0.25, -0.2) is 4.79 Å². The second-order valence-electron chi connectivity index (χ2n) is 4.21. The summed E-state index contributed by atoms with van der Waals surface area (Å²) in [5.74, 6) is -1.23. The van der Waals surface area contributed by atoms with Gasteiger partial charge in [-0.15, -0.1) is 0 Å². The number of amides is 1. The van der Waals surface area contributed by atoms with E-state index in [0.29, 0.717) is 5.75 Å². The molecule has 110 valence electrons. The smallest absolute Gasteiger partial charge is 0.336 e. The fourth-order valence-electron chi connectivity index (χ4n) is 1.67. The Bertz CT molecular complexity index is 502. The number of ether oxygens (including phenoxy) is 1. The third-order valence-electron chi connectivity index (χ3n) is 2.73. The van der Waals surface area contributed by atoms with E-state index in [2.05, 4.69) is 5.32 Å². The Hall–Kier alpha value is -2.12. The molecule has 0 bridgehead atoms. The number of aromatic carboxylic acids is 1. The Balaban J connectivity index is 3.02. The van der Waals surface area contributed by atoms with Crippen LogP contribution in [0, 0.1) is 0 Å². The number of carbonyl (C=O) groups excluding carboxylic acids is 1.